The molecule has 10 aromatic rings. The minimum Gasteiger partial charge on any atom is -0.457 e. The van der Waals surface area contributed by atoms with Gasteiger partial charge in [0, 0.05) is 51.3 Å². The Morgan fingerprint density at radius 3 is 1.68 bits per heavy atom. The molecule has 0 atom stereocenters. The maximum absolute atomic E-state index is 7.21. The first-order valence-corrected chi connectivity index (χ1v) is 25.8. The zero-order valence-electron chi connectivity index (χ0n) is 44.0. The summed E-state index contributed by atoms with van der Waals surface area (Å²) in [5.74, 6) is 2.41. The molecule has 5 heteroatoms. The Balaban J connectivity index is 1.06. The van der Waals surface area contributed by atoms with E-state index in [1.54, 1.807) is 0 Å². The highest BCUT2D eigenvalue weighted by Gasteiger charge is 2.33. The van der Waals surface area contributed by atoms with Crippen LogP contribution in [0.15, 0.2) is 206 Å². The van der Waals surface area contributed by atoms with Gasteiger partial charge in [-0.25, -0.2) is 4.98 Å². The number of ether oxygens (including phenoxy) is 1. The van der Waals surface area contributed by atoms with Crippen LogP contribution in [-0.4, -0.2) is 16.2 Å². The van der Waals surface area contributed by atoms with E-state index >= 15 is 0 Å². The third-order valence-electron chi connectivity index (χ3n) is 15.4. The molecular weight excluding hydrogens is 889 g/mol. The molecule has 0 saturated carbocycles. The maximum Gasteiger partial charge on any atom is 0.137 e. The van der Waals surface area contributed by atoms with Crippen molar-refractivity contribution in [1.82, 2.24) is 9.55 Å². The highest BCUT2D eigenvalue weighted by molar-refractivity contribution is 6.10. The zero-order chi connectivity index (χ0) is 50.9. The Bertz CT molecular complexity index is 3650. The minimum atomic E-state index is -0.348. The zero-order valence-corrected chi connectivity index (χ0v) is 44.0. The van der Waals surface area contributed by atoms with Crippen molar-refractivity contribution in [2.24, 2.45) is 0 Å². The van der Waals surface area contributed by atoms with E-state index in [2.05, 4.69) is 284 Å². The fourth-order valence-electron chi connectivity index (χ4n) is 10.7. The predicted octanol–water partition coefficient (Wildman–Crippen LogP) is 18.1. The predicted molar refractivity (Wildman–Crippen MR) is 307 cm³/mol. The normalized spacial score (nSPS) is 13.2. The highest BCUT2D eigenvalue weighted by Crippen LogP contribution is 2.49. The summed E-state index contributed by atoms with van der Waals surface area (Å²) in [6.07, 6.45) is 1.94. The first kappa shape index (κ1) is 47.4. The molecule has 2 aromatic heterocycles. The molecular formula is C68H66N4O. The van der Waals surface area contributed by atoms with Gasteiger partial charge in [-0.05, 0) is 128 Å². The summed E-state index contributed by atoms with van der Waals surface area (Å²) in [5, 5.41) is 2.31. The van der Waals surface area contributed by atoms with Gasteiger partial charge in [-0.1, -0.05) is 184 Å². The van der Waals surface area contributed by atoms with Crippen molar-refractivity contribution in [2.45, 2.75) is 90.9 Å². The molecule has 1 aliphatic heterocycles. The van der Waals surface area contributed by atoms with E-state index in [0.717, 1.165) is 50.7 Å². The van der Waals surface area contributed by atoms with E-state index in [0.29, 0.717) is 6.67 Å². The van der Waals surface area contributed by atoms with Gasteiger partial charge < -0.3 is 14.5 Å². The Morgan fingerprint density at radius 1 is 0.384 bits per heavy atom. The molecule has 5 nitrogen and oxygen atoms in total. The van der Waals surface area contributed by atoms with Crippen molar-refractivity contribution in [3.63, 3.8) is 0 Å². The van der Waals surface area contributed by atoms with Crippen molar-refractivity contribution in [1.29, 1.82) is 0 Å². The molecule has 0 bridgehead atoms. The summed E-state index contributed by atoms with van der Waals surface area (Å²) in [4.78, 5) is 9.98. The van der Waals surface area contributed by atoms with Gasteiger partial charge >= 0.3 is 0 Å². The van der Waals surface area contributed by atoms with Gasteiger partial charge in [0.05, 0.1) is 22.4 Å². The average Bonchev–Trinajstić information content (AvgIpc) is 3.94. The molecule has 0 spiro atoms. The van der Waals surface area contributed by atoms with Gasteiger partial charge in [0.2, 0.25) is 0 Å². The van der Waals surface area contributed by atoms with Crippen molar-refractivity contribution in [3.05, 3.63) is 240 Å². The van der Waals surface area contributed by atoms with Crippen molar-refractivity contribution >= 4 is 44.6 Å². The molecule has 0 amide bonds. The lowest BCUT2D eigenvalue weighted by molar-refractivity contribution is 0.480. The Labute approximate surface area is 432 Å². The van der Waals surface area contributed by atoms with Gasteiger partial charge in [0.15, 0.2) is 0 Å². The maximum atomic E-state index is 7.21. The highest BCUT2D eigenvalue weighted by atomic mass is 16.5. The number of benzene rings is 8. The number of aromatic nitrogens is 2. The lowest BCUT2D eigenvalue weighted by Gasteiger charge is -2.30. The van der Waals surface area contributed by atoms with Gasteiger partial charge in [-0.2, -0.15) is 0 Å². The molecule has 73 heavy (non-hydrogen) atoms. The van der Waals surface area contributed by atoms with E-state index in [1.165, 1.54) is 55.7 Å². The number of fused-ring (bicyclic) bond motifs is 4. The number of anilines is 4. The average molecular weight is 955 g/mol. The fraction of sp³-hybridized carbons (Fsp3) is 0.221. The quantitative estimate of drug-likeness (QED) is 0.137. The van der Waals surface area contributed by atoms with Gasteiger partial charge in [0.25, 0.3) is 0 Å². The second-order valence-corrected chi connectivity index (χ2v) is 23.1. The molecule has 1 aliphatic rings. The van der Waals surface area contributed by atoms with Gasteiger partial charge in [0.1, 0.15) is 24.0 Å². The molecule has 364 valence electrons. The van der Waals surface area contributed by atoms with Crippen molar-refractivity contribution in [2.75, 3.05) is 16.5 Å². The topological polar surface area (TPSA) is 33.5 Å². The van der Waals surface area contributed by atoms with E-state index in [9.17, 15) is 0 Å². The summed E-state index contributed by atoms with van der Waals surface area (Å²) in [6.45, 7) is 23.6. The summed E-state index contributed by atoms with van der Waals surface area (Å²) >= 11 is 0. The number of hydrogen-bond acceptors (Lipinski definition) is 4. The van der Waals surface area contributed by atoms with Crippen molar-refractivity contribution < 1.29 is 4.74 Å². The standard InChI is InChI=1S/C68H66N4O/c1-65(2,3)50-30-34-61-63(41-50)71(45-70(61)54-28-20-27-52(38-54)67(7,8)48-23-16-12-17-24-48)55-39-53(68(9,10)49-25-18-13-19-26-49)40-57(43-55)73-56-31-32-58-59-37-47(46-21-14-11-15-22-46)29-33-60(59)72(62(58)44-56)64-42-51(35-36-69-64)66(4,5)6/h11-44H,45H2,1-10H3. The Morgan fingerprint density at radius 2 is 1.00 bits per heavy atom. The van der Waals surface area contributed by atoms with E-state index < -0.39 is 0 Å². The van der Waals surface area contributed by atoms with Gasteiger partial charge in [-0.3, -0.25) is 4.57 Å². The smallest absolute Gasteiger partial charge is 0.137 e. The lowest BCUT2D eigenvalue weighted by atomic mass is 9.78. The molecule has 11 rings (SSSR count). The summed E-state index contributed by atoms with van der Waals surface area (Å²) in [7, 11) is 0. The van der Waals surface area contributed by atoms with Gasteiger partial charge in [-0.15, -0.1) is 0 Å². The second kappa shape index (κ2) is 18.0. The van der Waals surface area contributed by atoms with Crippen LogP contribution in [0.25, 0.3) is 38.8 Å². The van der Waals surface area contributed by atoms with Crippen molar-refractivity contribution in [3.8, 4) is 28.4 Å². The molecule has 3 heterocycles. The van der Waals surface area contributed by atoms with Crippen LogP contribution in [0.3, 0.4) is 0 Å². The fourth-order valence-corrected chi connectivity index (χ4v) is 10.7. The molecule has 0 radical (unpaired) electrons. The lowest BCUT2D eigenvalue weighted by Crippen LogP contribution is -2.26. The molecule has 0 saturated heterocycles. The first-order chi connectivity index (χ1) is 34.9. The van der Waals surface area contributed by atoms with E-state index in [4.69, 9.17) is 9.72 Å². The first-order valence-electron chi connectivity index (χ1n) is 25.8. The van der Waals surface area contributed by atoms with Crippen LogP contribution < -0.4 is 14.5 Å². The van der Waals surface area contributed by atoms with Crippen LogP contribution in [0.5, 0.6) is 11.5 Å². The number of rotatable bonds is 10. The summed E-state index contributed by atoms with van der Waals surface area (Å²) < 4.78 is 9.52. The third-order valence-corrected chi connectivity index (χ3v) is 15.4. The number of hydrogen-bond donors (Lipinski definition) is 0. The Kier molecular flexibility index (Phi) is 11.7. The third kappa shape index (κ3) is 8.86. The van der Waals surface area contributed by atoms with E-state index in [1.807, 2.05) is 6.20 Å². The number of nitrogens with zero attached hydrogens (tertiary/aromatic N) is 4. The molecule has 0 unspecified atom stereocenters. The van der Waals surface area contributed by atoms with Crippen LogP contribution in [0.2, 0.25) is 0 Å². The molecule has 0 aliphatic carbocycles. The van der Waals surface area contributed by atoms with Crippen LogP contribution in [-0.2, 0) is 21.7 Å². The molecule has 0 N–H and O–H groups in total. The van der Waals surface area contributed by atoms with Crippen LogP contribution in [0, 0.1) is 0 Å². The summed E-state index contributed by atoms with van der Waals surface area (Å²) in [6, 6.07) is 73.0. The SMILES string of the molecule is CC(C)(C)c1ccnc(-n2c3ccc(-c4ccccc4)cc3c3ccc(Oc4cc(N5CN(c6cccc(C(C)(C)c7ccccc7)c6)c6ccc(C(C)(C)C)cc65)cc(C(C)(C)c5ccccc5)c4)cc32)c1. The van der Waals surface area contributed by atoms with Crippen LogP contribution >= 0.6 is 0 Å². The monoisotopic (exact) mass is 955 g/mol. The second-order valence-electron chi connectivity index (χ2n) is 23.1. The molecule has 0 fully saturated rings. The van der Waals surface area contributed by atoms with E-state index in [-0.39, 0.29) is 21.7 Å². The Hall–Kier alpha value is -7.89. The summed E-state index contributed by atoms with van der Waals surface area (Å²) in [5.41, 5.74) is 15.9. The molecule has 8 aromatic carbocycles. The largest absolute Gasteiger partial charge is 0.457 e. The van der Waals surface area contributed by atoms with Crippen LogP contribution in [0.1, 0.15) is 103 Å². The minimum absolute atomic E-state index is 0.0486. The number of pyridine rings is 1. The van der Waals surface area contributed by atoms with Crippen LogP contribution in [0.4, 0.5) is 22.7 Å².